The first kappa shape index (κ1) is 15.0. The number of methoxy groups -OCH3 is 1. The summed E-state index contributed by atoms with van der Waals surface area (Å²) in [5.74, 6) is 1.96. The van der Waals surface area contributed by atoms with Crippen LogP contribution in [0.4, 0.5) is 5.88 Å². The number of hydrogen-bond donors (Lipinski definition) is 0. The Balaban J connectivity index is 2.51. The molecule has 0 aliphatic carbocycles. The van der Waals surface area contributed by atoms with E-state index in [-0.39, 0.29) is 5.43 Å². The molecule has 20 heavy (non-hydrogen) atoms. The van der Waals surface area contributed by atoms with Gasteiger partial charge in [-0.1, -0.05) is 0 Å². The highest BCUT2D eigenvalue weighted by molar-refractivity contribution is 6.18. The number of ether oxygens (including phenoxy) is 1. The van der Waals surface area contributed by atoms with Gasteiger partial charge in [-0.25, -0.2) is 0 Å². The van der Waals surface area contributed by atoms with Crippen molar-refractivity contribution in [3.05, 3.63) is 34.5 Å². The lowest BCUT2D eigenvalue weighted by atomic mass is 10.2. The molecule has 0 N–H and O–H groups in total. The van der Waals surface area contributed by atoms with E-state index in [9.17, 15) is 4.79 Å². The Hall–Kier alpha value is -1.39. The summed E-state index contributed by atoms with van der Waals surface area (Å²) < 4.78 is 10.9. The van der Waals surface area contributed by atoms with E-state index < -0.39 is 0 Å². The number of hydrogen-bond acceptors (Lipinski definition) is 4. The molecule has 0 radical (unpaired) electrons. The minimum atomic E-state index is -0.0990. The first-order valence-electron chi connectivity index (χ1n) is 6.18. The fourth-order valence-corrected chi connectivity index (χ4v) is 2.35. The molecular weight excluding hydrogens is 301 g/mol. The number of benzene rings is 1. The Morgan fingerprint density at radius 2 is 1.90 bits per heavy atom. The van der Waals surface area contributed by atoms with Crippen molar-refractivity contribution < 1.29 is 9.15 Å². The minimum Gasteiger partial charge on any atom is -0.497 e. The summed E-state index contributed by atoms with van der Waals surface area (Å²) in [7, 11) is 1.57. The molecule has 4 nitrogen and oxygen atoms in total. The lowest BCUT2D eigenvalue weighted by Gasteiger charge is -2.21. The summed E-state index contributed by atoms with van der Waals surface area (Å²) in [6.45, 7) is 1.12. The molecule has 1 heterocycles. The summed E-state index contributed by atoms with van der Waals surface area (Å²) in [6, 6.07) is 6.58. The molecule has 0 fully saturated rings. The molecule has 0 aliphatic rings. The van der Waals surface area contributed by atoms with E-state index in [4.69, 9.17) is 32.4 Å². The average Bonchev–Trinajstić information content (AvgIpc) is 2.46. The third-order valence-electron chi connectivity index (χ3n) is 2.94. The lowest BCUT2D eigenvalue weighted by molar-refractivity contribution is 0.414. The molecule has 0 saturated carbocycles. The van der Waals surface area contributed by atoms with Crippen LogP contribution < -0.4 is 15.1 Å². The van der Waals surface area contributed by atoms with Crippen LogP contribution in [0.2, 0.25) is 0 Å². The van der Waals surface area contributed by atoms with Gasteiger partial charge in [0.1, 0.15) is 11.3 Å². The molecule has 0 aliphatic heterocycles. The zero-order chi connectivity index (χ0) is 14.5. The van der Waals surface area contributed by atoms with E-state index >= 15 is 0 Å². The molecule has 1 aromatic carbocycles. The van der Waals surface area contributed by atoms with Crippen molar-refractivity contribution in [2.45, 2.75) is 0 Å². The van der Waals surface area contributed by atoms with Gasteiger partial charge in [0.05, 0.1) is 12.5 Å². The third-order valence-corrected chi connectivity index (χ3v) is 3.28. The second-order valence-corrected chi connectivity index (χ2v) is 4.93. The van der Waals surface area contributed by atoms with Crippen molar-refractivity contribution in [1.82, 2.24) is 0 Å². The lowest BCUT2D eigenvalue weighted by Crippen LogP contribution is -2.28. The van der Waals surface area contributed by atoms with Crippen LogP contribution in [0.1, 0.15) is 0 Å². The standard InChI is InChI=1S/C14H15Cl2NO3/c1-19-10-2-3-11-12(18)9-14(20-13(11)8-10)17(6-4-15)7-5-16/h2-3,8-9H,4-7H2,1H3. The predicted molar refractivity (Wildman–Crippen MR) is 82.7 cm³/mol. The maximum Gasteiger partial charge on any atom is 0.200 e. The highest BCUT2D eigenvalue weighted by Gasteiger charge is 2.12. The molecule has 2 rings (SSSR count). The van der Waals surface area contributed by atoms with E-state index in [0.717, 1.165) is 0 Å². The Labute approximate surface area is 126 Å². The van der Waals surface area contributed by atoms with Gasteiger partial charge in [-0.2, -0.15) is 0 Å². The predicted octanol–water partition coefficient (Wildman–Crippen LogP) is 3.09. The number of anilines is 1. The number of alkyl halides is 2. The van der Waals surface area contributed by atoms with Crippen LogP contribution in [0.3, 0.4) is 0 Å². The molecule has 0 spiro atoms. The molecule has 108 valence electrons. The maximum absolute atomic E-state index is 12.1. The van der Waals surface area contributed by atoms with E-state index in [1.54, 1.807) is 25.3 Å². The number of fused-ring (bicyclic) bond motifs is 1. The van der Waals surface area contributed by atoms with Crippen LogP contribution in [0, 0.1) is 0 Å². The van der Waals surface area contributed by atoms with Crippen molar-refractivity contribution in [3.63, 3.8) is 0 Å². The highest BCUT2D eigenvalue weighted by Crippen LogP contribution is 2.23. The monoisotopic (exact) mass is 315 g/mol. The molecule has 1 aromatic heterocycles. The minimum absolute atomic E-state index is 0.0990. The van der Waals surface area contributed by atoms with Crippen LogP contribution in [-0.2, 0) is 0 Å². The van der Waals surface area contributed by atoms with Gasteiger partial charge in [0, 0.05) is 37.0 Å². The Morgan fingerprint density at radius 1 is 1.20 bits per heavy atom. The number of nitrogens with zero attached hydrogens (tertiary/aromatic N) is 1. The normalized spacial score (nSPS) is 10.8. The van der Waals surface area contributed by atoms with Crippen molar-refractivity contribution in [1.29, 1.82) is 0 Å². The highest BCUT2D eigenvalue weighted by atomic mass is 35.5. The summed E-state index contributed by atoms with van der Waals surface area (Å²) in [5.41, 5.74) is 0.388. The van der Waals surface area contributed by atoms with E-state index in [1.807, 2.05) is 4.90 Å². The molecule has 0 unspecified atom stereocenters. The quantitative estimate of drug-likeness (QED) is 0.768. The number of halogens is 2. The average molecular weight is 316 g/mol. The van der Waals surface area contributed by atoms with Gasteiger partial charge in [-0.05, 0) is 12.1 Å². The van der Waals surface area contributed by atoms with Crippen molar-refractivity contribution in [2.75, 3.05) is 36.9 Å². The van der Waals surface area contributed by atoms with Crippen molar-refractivity contribution in [2.24, 2.45) is 0 Å². The second kappa shape index (κ2) is 6.86. The van der Waals surface area contributed by atoms with Gasteiger partial charge >= 0.3 is 0 Å². The molecule has 0 amide bonds. The molecule has 0 saturated heterocycles. The fourth-order valence-electron chi connectivity index (χ4n) is 1.94. The van der Waals surface area contributed by atoms with E-state index in [1.165, 1.54) is 6.07 Å². The summed E-state index contributed by atoms with van der Waals surface area (Å²) in [5, 5.41) is 0.520. The van der Waals surface area contributed by atoms with Gasteiger partial charge in [0.2, 0.25) is 0 Å². The van der Waals surface area contributed by atoms with Crippen LogP contribution in [0.5, 0.6) is 5.75 Å². The molecular formula is C14H15Cl2NO3. The van der Waals surface area contributed by atoms with Gasteiger partial charge in [0.15, 0.2) is 11.3 Å². The molecule has 2 aromatic rings. The van der Waals surface area contributed by atoms with Gasteiger partial charge < -0.3 is 14.1 Å². The van der Waals surface area contributed by atoms with Gasteiger partial charge in [0.25, 0.3) is 0 Å². The van der Waals surface area contributed by atoms with Crippen LogP contribution >= 0.6 is 23.2 Å². The largest absolute Gasteiger partial charge is 0.497 e. The van der Waals surface area contributed by atoms with Crippen molar-refractivity contribution >= 4 is 40.1 Å². The summed E-state index contributed by atoms with van der Waals surface area (Å²) >= 11 is 11.5. The van der Waals surface area contributed by atoms with Crippen LogP contribution in [0.15, 0.2) is 33.5 Å². The van der Waals surface area contributed by atoms with Crippen LogP contribution in [0.25, 0.3) is 11.0 Å². The summed E-state index contributed by atoms with van der Waals surface area (Å²) in [6.07, 6.45) is 0. The SMILES string of the molecule is COc1ccc2c(=O)cc(N(CCCl)CCCl)oc2c1. The molecule has 0 atom stereocenters. The zero-order valence-corrected chi connectivity index (χ0v) is 12.6. The third kappa shape index (κ3) is 3.19. The van der Waals surface area contributed by atoms with Gasteiger partial charge in [-0.15, -0.1) is 23.2 Å². The topological polar surface area (TPSA) is 42.7 Å². The van der Waals surface area contributed by atoms with E-state index in [0.29, 0.717) is 47.5 Å². The zero-order valence-electron chi connectivity index (χ0n) is 11.1. The Bertz CT molecular complexity index is 636. The fraction of sp³-hybridized carbons (Fsp3) is 0.357. The Kier molecular flexibility index (Phi) is 5.15. The smallest absolute Gasteiger partial charge is 0.200 e. The summed E-state index contributed by atoms with van der Waals surface area (Å²) in [4.78, 5) is 14.0. The van der Waals surface area contributed by atoms with E-state index in [2.05, 4.69) is 0 Å². The first-order chi connectivity index (χ1) is 9.69. The van der Waals surface area contributed by atoms with Gasteiger partial charge in [-0.3, -0.25) is 4.79 Å². The maximum atomic E-state index is 12.1. The Morgan fingerprint density at radius 3 is 2.50 bits per heavy atom. The molecule has 0 bridgehead atoms. The van der Waals surface area contributed by atoms with Crippen molar-refractivity contribution in [3.8, 4) is 5.75 Å². The number of rotatable bonds is 6. The second-order valence-electron chi connectivity index (χ2n) is 4.18. The first-order valence-corrected chi connectivity index (χ1v) is 7.25. The van der Waals surface area contributed by atoms with Crippen LogP contribution in [-0.4, -0.2) is 32.0 Å². The molecule has 6 heteroatoms.